The molecule has 0 bridgehead atoms. The minimum Gasteiger partial charge on any atom is -0.395 e. The fourth-order valence-corrected chi connectivity index (χ4v) is 1.81. The molecule has 3 N–H and O–H groups in total. The van der Waals surface area contributed by atoms with E-state index in [1.807, 2.05) is 51.2 Å². The normalized spacial score (nSPS) is 11.8. The lowest BCUT2D eigenvalue weighted by Gasteiger charge is -2.22. The van der Waals surface area contributed by atoms with Crippen molar-refractivity contribution in [3.05, 3.63) is 35.9 Å². The van der Waals surface area contributed by atoms with E-state index >= 15 is 0 Å². The molecule has 0 unspecified atom stereocenters. The molecule has 0 aliphatic heterocycles. The number of aromatic nitrogens is 2. The number of hydrogen-bond donors (Lipinski definition) is 2. The Morgan fingerprint density at radius 3 is 2.33 bits per heavy atom. The van der Waals surface area contributed by atoms with Gasteiger partial charge >= 0.3 is 0 Å². The van der Waals surface area contributed by atoms with Crippen LogP contribution < -0.4 is 5.73 Å². The van der Waals surface area contributed by atoms with Crippen molar-refractivity contribution in [3.8, 4) is 11.3 Å². The molecule has 4 nitrogen and oxygen atoms in total. The van der Waals surface area contributed by atoms with Gasteiger partial charge < -0.3 is 10.8 Å². The summed E-state index contributed by atoms with van der Waals surface area (Å²) in [7, 11) is 1.82. The van der Waals surface area contributed by atoms with Crippen LogP contribution in [-0.2, 0) is 12.5 Å². The lowest BCUT2D eigenvalue weighted by molar-refractivity contribution is 0.218. The number of hydrogen-bond acceptors (Lipinski definition) is 3. The van der Waals surface area contributed by atoms with Crippen LogP contribution in [0.5, 0.6) is 0 Å². The maximum absolute atomic E-state index is 9.34. The van der Waals surface area contributed by atoms with E-state index in [1.54, 1.807) is 4.68 Å². The third-order valence-corrected chi connectivity index (χ3v) is 3.27. The van der Waals surface area contributed by atoms with Gasteiger partial charge in [0, 0.05) is 24.1 Å². The molecule has 0 aliphatic rings. The Morgan fingerprint density at radius 2 is 1.89 bits per heavy atom. The SMILES string of the molecule is Cn1nc(-c2ccc(C(C)(C)CO)cc2)cc1N. The molecule has 2 rings (SSSR count). The molecule has 0 radical (unpaired) electrons. The Hall–Kier alpha value is -1.81. The maximum Gasteiger partial charge on any atom is 0.121 e. The van der Waals surface area contributed by atoms with Gasteiger partial charge in [0.1, 0.15) is 5.82 Å². The fourth-order valence-electron chi connectivity index (χ4n) is 1.81. The van der Waals surface area contributed by atoms with Gasteiger partial charge in [-0.1, -0.05) is 38.1 Å². The average molecular weight is 245 g/mol. The lowest BCUT2D eigenvalue weighted by Crippen LogP contribution is -2.21. The Bertz CT molecular complexity index is 521. The van der Waals surface area contributed by atoms with Crippen LogP contribution in [0.1, 0.15) is 19.4 Å². The number of rotatable bonds is 3. The first kappa shape index (κ1) is 12.6. The van der Waals surface area contributed by atoms with Crippen molar-refractivity contribution in [2.45, 2.75) is 19.3 Å². The van der Waals surface area contributed by atoms with Crippen molar-refractivity contribution < 1.29 is 5.11 Å². The molecule has 18 heavy (non-hydrogen) atoms. The number of benzene rings is 1. The first-order valence-corrected chi connectivity index (χ1v) is 5.95. The van der Waals surface area contributed by atoms with Gasteiger partial charge in [0.25, 0.3) is 0 Å². The highest BCUT2D eigenvalue weighted by atomic mass is 16.3. The van der Waals surface area contributed by atoms with Crippen molar-refractivity contribution in [1.82, 2.24) is 9.78 Å². The summed E-state index contributed by atoms with van der Waals surface area (Å²) < 4.78 is 1.65. The second-order valence-electron chi connectivity index (χ2n) is 5.20. The topological polar surface area (TPSA) is 64.1 Å². The second-order valence-corrected chi connectivity index (χ2v) is 5.20. The molecular formula is C14H19N3O. The smallest absolute Gasteiger partial charge is 0.121 e. The molecule has 1 aromatic heterocycles. The Kier molecular flexibility index (Phi) is 3.13. The van der Waals surface area contributed by atoms with Crippen LogP contribution in [0.25, 0.3) is 11.3 Å². The molecule has 0 amide bonds. The Morgan fingerprint density at radius 1 is 1.28 bits per heavy atom. The standard InChI is InChI=1S/C14H19N3O/c1-14(2,9-18)11-6-4-10(5-7-11)12-8-13(15)17(3)16-12/h4-8,18H,9,15H2,1-3H3. The van der Waals surface area contributed by atoms with Gasteiger partial charge in [0.2, 0.25) is 0 Å². The van der Waals surface area contributed by atoms with Crippen LogP contribution in [0.15, 0.2) is 30.3 Å². The van der Waals surface area contributed by atoms with E-state index in [0.29, 0.717) is 5.82 Å². The molecule has 0 fully saturated rings. The highest BCUT2D eigenvalue weighted by Crippen LogP contribution is 2.26. The second kappa shape index (κ2) is 4.46. The molecule has 0 spiro atoms. The Labute approximate surface area is 107 Å². The lowest BCUT2D eigenvalue weighted by atomic mass is 9.85. The molecular weight excluding hydrogens is 226 g/mol. The number of nitrogens with two attached hydrogens (primary N) is 1. The van der Waals surface area contributed by atoms with Crippen LogP contribution >= 0.6 is 0 Å². The number of nitrogen functional groups attached to an aromatic ring is 1. The highest BCUT2D eigenvalue weighted by molar-refractivity contribution is 5.62. The molecule has 4 heteroatoms. The summed E-state index contributed by atoms with van der Waals surface area (Å²) in [6.45, 7) is 4.16. The summed E-state index contributed by atoms with van der Waals surface area (Å²) in [5.74, 6) is 0.643. The summed E-state index contributed by atoms with van der Waals surface area (Å²) in [5.41, 5.74) is 8.55. The van der Waals surface area contributed by atoms with Gasteiger partial charge in [0.15, 0.2) is 0 Å². The summed E-state index contributed by atoms with van der Waals surface area (Å²) in [6.07, 6.45) is 0. The van der Waals surface area contributed by atoms with E-state index in [4.69, 9.17) is 5.73 Å². The van der Waals surface area contributed by atoms with E-state index in [9.17, 15) is 5.11 Å². The quantitative estimate of drug-likeness (QED) is 0.868. The van der Waals surface area contributed by atoms with Crippen molar-refractivity contribution >= 4 is 5.82 Å². The first-order chi connectivity index (χ1) is 8.44. The molecule has 1 aromatic carbocycles. The van der Waals surface area contributed by atoms with Crippen LogP contribution in [0, 0.1) is 0 Å². The molecule has 1 heterocycles. The van der Waals surface area contributed by atoms with Gasteiger partial charge in [-0.05, 0) is 5.56 Å². The minimum absolute atomic E-state index is 0.128. The number of anilines is 1. The summed E-state index contributed by atoms with van der Waals surface area (Å²) in [6, 6.07) is 9.92. The van der Waals surface area contributed by atoms with E-state index in [2.05, 4.69) is 5.10 Å². The Balaban J connectivity index is 2.33. The summed E-state index contributed by atoms with van der Waals surface area (Å²) in [4.78, 5) is 0. The van der Waals surface area contributed by atoms with Gasteiger partial charge in [-0.3, -0.25) is 4.68 Å². The molecule has 0 aliphatic carbocycles. The zero-order valence-corrected chi connectivity index (χ0v) is 11.0. The number of nitrogens with zero attached hydrogens (tertiary/aromatic N) is 2. The van der Waals surface area contributed by atoms with Crippen molar-refractivity contribution in [2.75, 3.05) is 12.3 Å². The average Bonchev–Trinajstić information content (AvgIpc) is 2.70. The van der Waals surface area contributed by atoms with Crippen LogP contribution in [-0.4, -0.2) is 21.5 Å². The van der Waals surface area contributed by atoms with Gasteiger partial charge in [-0.2, -0.15) is 5.10 Å². The van der Waals surface area contributed by atoms with Gasteiger partial charge in [0.05, 0.1) is 12.3 Å². The van der Waals surface area contributed by atoms with E-state index in [-0.39, 0.29) is 12.0 Å². The minimum atomic E-state index is -0.221. The zero-order valence-electron chi connectivity index (χ0n) is 11.0. The first-order valence-electron chi connectivity index (χ1n) is 5.95. The predicted molar refractivity (Wildman–Crippen MR) is 73.2 cm³/mol. The number of aliphatic hydroxyl groups excluding tert-OH is 1. The molecule has 0 saturated heterocycles. The van der Waals surface area contributed by atoms with E-state index < -0.39 is 0 Å². The fraction of sp³-hybridized carbons (Fsp3) is 0.357. The van der Waals surface area contributed by atoms with Crippen molar-refractivity contribution in [3.63, 3.8) is 0 Å². The zero-order chi connectivity index (χ0) is 13.3. The summed E-state index contributed by atoms with van der Waals surface area (Å²) >= 11 is 0. The number of aryl methyl sites for hydroxylation is 1. The van der Waals surface area contributed by atoms with Gasteiger partial charge in [-0.25, -0.2) is 0 Å². The van der Waals surface area contributed by atoms with E-state index in [0.717, 1.165) is 16.8 Å². The number of aliphatic hydroxyl groups is 1. The summed E-state index contributed by atoms with van der Waals surface area (Å²) in [5, 5.41) is 13.7. The van der Waals surface area contributed by atoms with Crippen LogP contribution in [0.4, 0.5) is 5.82 Å². The monoisotopic (exact) mass is 245 g/mol. The van der Waals surface area contributed by atoms with Gasteiger partial charge in [-0.15, -0.1) is 0 Å². The molecule has 2 aromatic rings. The van der Waals surface area contributed by atoms with Crippen LogP contribution in [0.3, 0.4) is 0 Å². The third kappa shape index (κ3) is 2.24. The molecule has 0 atom stereocenters. The van der Waals surface area contributed by atoms with Crippen LogP contribution in [0.2, 0.25) is 0 Å². The molecule has 0 saturated carbocycles. The maximum atomic E-state index is 9.34. The predicted octanol–water partition coefficient (Wildman–Crippen LogP) is 1.94. The molecule has 96 valence electrons. The van der Waals surface area contributed by atoms with Crippen molar-refractivity contribution in [2.24, 2.45) is 7.05 Å². The highest BCUT2D eigenvalue weighted by Gasteiger charge is 2.19. The van der Waals surface area contributed by atoms with Crippen molar-refractivity contribution in [1.29, 1.82) is 0 Å². The third-order valence-electron chi connectivity index (χ3n) is 3.27. The van der Waals surface area contributed by atoms with E-state index in [1.165, 1.54) is 0 Å². The largest absolute Gasteiger partial charge is 0.395 e.